The van der Waals surface area contributed by atoms with E-state index < -0.39 is 0 Å². The van der Waals surface area contributed by atoms with Gasteiger partial charge >= 0.3 is 0 Å². The average Bonchev–Trinajstić information content (AvgIpc) is 3.21. The first-order valence-corrected chi connectivity index (χ1v) is 9.71. The second-order valence-corrected chi connectivity index (χ2v) is 8.05. The number of likely N-dealkylation sites (tertiary alicyclic amines) is 1. The minimum Gasteiger partial charge on any atom is -0.396 e. The Hall–Kier alpha value is -1.63. The molecule has 1 spiro atoms. The number of nitrogens with zero attached hydrogens (tertiary/aromatic N) is 2. The molecule has 26 heavy (non-hydrogen) atoms. The van der Waals surface area contributed by atoms with E-state index in [1.807, 2.05) is 23.1 Å². The smallest absolute Gasteiger partial charge is 0.223 e. The number of aliphatic hydroxyl groups excluding tert-OH is 1. The molecule has 1 aromatic carbocycles. The maximum Gasteiger partial charge on any atom is 0.223 e. The molecule has 0 aliphatic carbocycles. The Morgan fingerprint density at radius 3 is 2.96 bits per heavy atom. The number of aromatic nitrogens is 2. The monoisotopic (exact) mass is 376 g/mol. The minimum atomic E-state index is 0.0891. The third-order valence-corrected chi connectivity index (χ3v) is 6.29. The van der Waals surface area contributed by atoms with Gasteiger partial charge in [-0.2, -0.15) is 0 Å². The van der Waals surface area contributed by atoms with Crippen molar-refractivity contribution in [2.45, 2.75) is 25.7 Å². The van der Waals surface area contributed by atoms with Crippen molar-refractivity contribution in [1.29, 1.82) is 0 Å². The highest BCUT2D eigenvalue weighted by molar-refractivity contribution is 6.31. The van der Waals surface area contributed by atoms with Crippen LogP contribution in [0.1, 0.15) is 25.1 Å². The molecule has 3 N–H and O–H groups in total. The number of halogens is 1. The molecule has 0 saturated carbocycles. The van der Waals surface area contributed by atoms with Gasteiger partial charge in [0.15, 0.2) is 0 Å². The number of aromatic amines is 1. The van der Waals surface area contributed by atoms with E-state index in [1.165, 1.54) is 0 Å². The van der Waals surface area contributed by atoms with Crippen LogP contribution >= 0.6 is 11.6 Å². The number of nitrogens with one attached hydrogen (secondary N) is 2. The van der Waals surface area contributed by atoms with Crippen LogP contribution in [0.15, 0.2) is 18.2 Å². The van der Waals surface area contributed by atoms with Crippen molar-refractivity contribution in [2.75, 3.05) is 32.8 Å². The summed E-state index contributed by atoms with van der Waals surface area (Å²) in [6.07, 6.45) is 3.08. The lowest BCUT2D eigenvalue weighted by Gasteiger charge is -2.37. The molecule has 4 rings (SSSR count). The van der Waals surface area contributed by atoms with Gasteiger partial charge in [0.2, 0.25) is 5.91 Å². The quantitative estimate of drug-likeness (QED) is 0.762. The van der Waals surface area contributed by atoms with Gasteiger partial charge in [-0.1, -0.05) is 11.6 Å². The van der Waals surface area contributed by atoms with Gasteiger partial charge in [0, 0.05) is 43.5 Å². The zero-order chi connectivity index (χ0) is 18.1. The van der Waals surface area contributed by atoms with Gasteiger partial charge in [-0.05, 0) is 49.5 Å². The molecule has 1 atom stereocenters. The predicted molar refractivity (Wildman–Crippen MR) is 101 cm³/mol. The molecule has 0 bridgehead atoms. The number of carbonyl (C=O) groups excluding carboxylic acids is 1. The highest BCUT2D eigenvalue weighted by Gasteiger charge is 2.47. The molecule has 0 radical (unpaired) electrons. The Kier molecular flexibility index (Phi) is 4.90. The molecule has 2 aliphatic rings. The SMILES string of the molecule is O=C(CCc1nc2ccc(Cl)cc2[nH]1)N1CC(CO)C2(CCNCC2)C1. The number of H-pyrrole nitrogens is 1. The number of aliphatic hydroxyl groups is 1. The number of piperidine rings is 1. The Labute approximate surface area is 157 Å². The van der Waals surface area contributed by atoms with E-state index in [-0.39, 0.29) is 23.8 Å². The molecule has 3 heterocycles. The van der Waals surface area contributed by atoms with E-state index in [9.17, 15) is 9.90 Å². The summed E-state index contributed by atoms with van der Waals surface area (Å²) in [6.45, 7) is 3.55. The van der Waals surface area contributed by atoms with Crippen LogP contribution in [-0.2, 0) is 11.2 Å². The van der Waals surface area contributed by atoms with E-state index >= 15 is 0 Å². The minimum absolute atomic E-state index is 0.0891. The fourth-order valence-electron chi connectivity index (χ4n) is 4.50. The topological polar surface area (TPSA) is 81.2 Å². The van der Waals surface area contributed by atoms with E-state index in [4.69, 9.17) is 11.6 Å². The Morgan fingerprint density at radius 1 is 1.38 bits per heavy atom. The van der Waals surface area contributed by atoms with E-state index in [0.29, 0.717) is 24.4 Å². The lowest BCUT2D eigenvalue weighted by Crippen LogP contribution is -2.43. The van der Waals surface area contributed by atoms with Crippen molar-refractivity contribution < 1.29 is 9.90 Å². The van der Waals surface area contributed by atoms with Gasteiger partial charge in [-0.25, -0.2) is 4.98 Å². The van der Waals surface area contributed by atoms with Crippen molar-refractivity contribution in [1.82, 2.24) is 20.2 Å². The van der Waals surface area contributed by atoms with Gasteiger partial charge in [0.1, 0.15) is 5.82 Å². The fourth-order valence-corrected chi connectivity index (χ4v) is 4.67. The normalized spacial score (nSPS) is 22.4. The number of aryl methyl sites for hydroxylation is 1. The van der Waals surface area contributed by atoms with Crippen molar-refractivity contribution in [3.05, 3.63) is 29.0 Å². The fraction of sp³-hybridized carbons (Fsp3) is 0.579. The zero-order valence-corrected chi connectivity index (χ0v) is 15.6. The first kappa shape index (κ1) is 17.8. The summed E-state index contributed by atoms with van der Waals surface area (Å²) in [5.41, 5.74) is 1.85. The third-order valence-electron chi connectivity index (χ3n) is 6.05. The lowest BCUT2D eigenvalue weighted by atomic mass is 9.71. The van der Waals surface area contributed by atoms with Crippen LogP contribution in [0, 0.1) is 11.3 Å². The summed E-state index contributed by atoms with van der Waals surface area (Å²) in [4.78, 5) is 22.5. The van der Waals surface area contributed by atoms with E-state index in [0.717, 1.165) is 49.3 Å². The number of benzene rings is 1. The molecule has 140 valence electrons. The highest BCUT2D eigenvalue weighted by atomic mass is 35.5. The highest BCUT2D eigenvalue weighted by Crippen LogP contribution is 2.43. The summed E-state index contributed by atoms with van der Waals surface area (Å²) >= 11 is 6.01. The Morgan fingerprint density at radius 2 is 2.19 bits per heavy atom. The van der Waals surface area contributed by atoms with Crippen LogP contribution in [0.4, 0.5) is 0 Å². The number of amides is 1. The molecule has 2 aliphatic heterocycles. The van der Waals surface area contributed by atoms with Crippen molar-refractivity contribution in [3.8, 4) is 0 Å². The van der Waals surface area contributed by atoms with Crippen LogP contribution in [-0.4, -0.2) is 58.7 Å². The molecule has 2 fully saturated rings. The molecule has 6 nitrogen and oxygen atoms in total. The van der Waals surface area contributed by atoms with Crippen LogP contribution in [0.2, 0.25) is 5.02 Å². The van der Waals surface area contributed by atoms with Crippen LogP contribution in [0.25, 0.3) is 11.0 Å². The predicted octanol–water partition coefficient (Wildman–Crippen LogP) is 1.97. The number of hydrogen-bond acceptors (Lipinski definition) is 4. The first-order chi connectivity index (χ1) is 12.6. The molecular formula is C19H25ClN4O2. The van der Waals surface area contributed by atoms with Crippen molar-refractivity contribution >= 4 is 28.5 Å². The van der Waals surface area contributed by atoms with Crippen molar-refractivity contribution in [2.24, 2.45) is 11.3 Å². The summed E-state index contributed by atoms with van der Waals surface area (Å²) in [5.74, 6) is 1.16. The number of imidazole rings is 1. The summed E-state index contributed by atoms with van der Waals surface area (Å²) in [7, 11) is 0. The van der Waals surface area contributed by atoms with Crippen molar-refractivity contribution in [3.63, 3.8) is 0 Å². The maximum atomic E-state index is 12.7. The van der Waals surface area contributed by atoms with Gasteiger partial charge in [0.25, 0.3) is 0 Å². The number of hydrogen-bond donors (Lipinski definition) is 3. The van der Waals surface area contributed by atoms with Crippen LogP contribution in [0.5, 0.6) is 0 Å². The number of rotatable bonds is 4. The van der Waals surface area contributed by atoms with E-state index in [1.54, 1.807) is 0 Å². The largest absolute Gasteiger partial charge is 0.396 e. The summed E-state index contributed by atoms with van der Waals surface area (Å²) < 4.78 is 0. The van der Waals surface area contributed by atoms with Crippen LogP contribution in [0.3, 0.4) is 0 Å². The molecule has 2 aromatic rings. The Bertz CT molecular complexity index is 800. The third kappa shape index (κ3) is 3.33. The number of fused-ring (bicyclic) bond motifs is 1. The second-order valence-electron chi connectivity index (χ2n) is 7.61. The maximum absolute atomic E-state index is 12.7. The molecule has 1 aromatic heterocycles. The Balaban J connectivity index is 1.40. The van der Waals surface area contributed by atoms with Gasteiger partial charge in [0.05, 0.1) is 11.0 Å². The molecule has 2 saturated heterocycles. The van der Waals surface area contributed by atoms with Crippen LogP contribution < -0.4 is 5.32 Å². The van der Waals surface area contributed by atoms with E-state index in [2.05, 4.69) is 15.3 Å². The average molecular weight is 377 g/mol. The number of carbonyl (C=O) groups is 1. The summed E-state index contributed by atoms with van der Waals surface area (Å²) in [5, 5.41) is 13.9. The molecule has 7 heteroatoms. The van der Waals surface area contributed by atoms with Gasteiger partial charge < -0.3 is 20.3 Å². The first-order valence-electron chi connectivity index (χ1n) is 9.33. The second kappa shape index (κ2) is 7.18. The molecule has 1 unspecified atom stereocenters. The van der Waals surface area contributed by atoms with Gasteiger partial charge in [-0.3, -0.25) is 4.79 Å². The standard InChI is InChI=1S/C19H25ClN4O2/c20-14-1-2-15-16(9-14)23-17(22-15)3-4-18(26)24-10-13(11-25)19(12-24)5-7-21-8-6-19/h1-2,9,13,21,25H,3-8,10-12H2,(H,22,23). The lowest BCUT2D eigenvalue weighted by molar-refractivity contribution is -0.130. The zero-order valence-electron chi connectivity index (χ0n) is 14.8. The molecular weight excluding hydrogens is 352 g/mol. The van der Waals surface area contributed by atoms with Gasteiger partial charge in [-0.15, -0.1) is 0 Å². The molecule has 1 amide bonds. The summed E-state index contributed by atoms with van der Waals surface area (Å²) in [6, 6.07) is 5.55.